The molecule has 1 unspecified atom stereocenters. The van der Waals surface area contributed by atoms with Gasteiger partial charge in [0.25, 0.3) is 0 Å². The predicted molar refractivity (Wildman–Crippen MR) is 127 cm³/mol. The van der Waals surface area contributed by atoms with Crippen molar-refractivity contribution in [3.05, 3.63) is 52.4 Å². The zero-order valence-corrected chi connectivity index (χ0v) is 20.4. The van der Waals surface area contributed by atoms with Crippen molar-refractivity contribution in [3.8, 4) is 0 Å². The van der Waals surface area contributed by atoms with Gasteiger partial charge in [0.1, 0.15) is 12.6 Å². The highest BCUT2D eigenvalue weighted by Crippen LogP contribution is 2.26. The number of aromatic nitrogens is 1. The summed E-state index contributed by atoms with van der Waals surface area (Å²) in [7, 11) is 0. The number of halogens is 1. The topological polar surface area (TPSA) is 62.9 Å². The molecule has 0 radical (unpaired) electrons. The van der Waals surface area contributed by atoms with E-state index in [4.69, 9.17) is 14.3 Å². The molecule has 1 saturated heterocycles. The molecule has 0 aliphatic carbocycles. The summed E-state index contributed by atoms with van der Waals surface area (Å²) in [5.74, 6) is 2.04. The molecule has 1 aliphatic heterocycles. The molecule has 7 heteroatoms. The number of ether oxygens (including phenoxy) is 1. The first-order chi connectivity index (χ1) is 13.5. The highest BCUT2D eigenvalue weighted by molar-refractivity contribution is 14.0. The van der Waals surface area contributed by atoms with E-state index in [0.717, 1.165) is 37.0 Å². The average Bonchev–Trinajstić information content (AvgIpc) is 3.14. The van der Waals surface area contributed by atoms with E-state index in [1.165, 1.54) is 16.7 Å². The second-order valence-corrected chi connectivity index (χ2v) is 7.71. The smallest absolute Gasteiger partial charge is 0.194 e. The molecule has 0 amide bonds. The van der Waals surface area contributed by atoms with E-state index in [0.29, 0.717) is 19.1 Å². The minimum Gasteiger partial charge on any atom is -0.370 e. The van der Waals surface area contributed by atoms with Crippen LogP contribution in [0.3, 0.4) is 0 Å². The van der Waals surface area contributed by atoms with Crippen molar-refractivity contribution in [3.63, 3.8) is 0 Å². The van der Waals surface area contributed by atoms with E-state index in [-0.39, 0.29) is 30.1 Å². The Morgan fingerprint density at radius 1 is 1.31 bits per heavy atom. The zero-order chi connectivity index (χ0) is 20.1. The van der Waals surface area contributed by atoms with Gasteiger partial charge in [-0.3, -0.25) is 0 Å². The summed E-state index contributed by atoms with van der Waals surface area (Å²) in [6, 6.07) is 8.55. The quantitative estimate of drug-likeness (QED) is 0.361. The van der Waals surface area contributed by atoms with Crippen LogP contribution in [-0.2, 0) is 11.3 Å². The highest BCUT2D eigenvalue weighted by Gasteiger charge is 2.25. The molecular weight excluding hydrogens is 479 g/mol. The minimum atomic E-state index is 0. The summed E-state index contributed by atoms with van der Waals surface area (Å²) < 4.78 is 11.5. The average molecular weight is 512 g/mol. The van der Waals surface area contributed by atoms with E-state index >= 15 is 0 Å². The van der Waals surface area contributed by atoms with Crippen LogP contribution >= 0.6 is 24.0 Å². The third-order valence-corrected chi connectivity index (χ3v) is 5.03. The number of guanidine groups is 1. The SMILES string of the molecule is CCNC(=NCc1cc(C(C)C)no1)N1CCOC(c2ccc(C)cc2C)C1.I. The van der Waals surface area contributed by atoms with Crippen molar-refractivity contribution in [1.29, 1.82) is 0 Å². The van der Waals surface area contributed by atoms with E-state index in [1.807, 2.05) is 6.07 Å². The lowest BCUT2D eigenvalue weighted by molar-refractivity contribution is -0.00835. The summed E-state index contributed by atoms with van der Waals surface area (Å²) in [5.41, 5.74) is 4.77. The maximum absolute atomic E-state index is 6.08. The van der Waals surface area contributed by atoms with Crippen molar-refractivity contribution in [2.24, 2.45) is 4.99 Å². The number of aliphatic imine (C=N–C) groups is 1. The van der Waals surface area contributed by atoms with Crippen LogP contribution < -0.4 is 5.32 Å². The first-order valence-corrected chi connectivity index (χ1v) is 10.2. The van der Waals surface area contributed by atoms with Crippen LogP contribution in [0, 0.1) is 13.8 Å². The van der Waals surface area contributed by atoms with Crippen LogP contribution in [0.15, 0.2) is 33.8 Å². The fourth-order valence-electron chi connectivity index (χ4n) is 3.47. The Morgan fingerprint density at radius 3 is 2.76 bits per heavy atom. The first kappa shape index (κ1) is 23.7. The normalized spacial score (nSPS) is 17.4. The number of nitrogens with zero attached hydrogens (tertiary/aromatic N) is 3. The van der Waals surface area contributed by atoms with Crippen molar-refractivity contribution in [2.75, 3.05) is 26.2 Å². The maximum atomic E-state index is 6.08. The van der Waals surface area contributed by atoms with Crippen molar-refractivity contribution in [2.45, 2.75) is 53.2 Å². The Balaban J connectivity index is 0.00000300. The maximum Gasteiger partial charge on any atom is 0.194 e. The van der Waals surface area contributed by atoms with Gasteiger partial charge in [-0.2, -0.15) is 0 Å². The molecule has 0 bridgehead atoms. The molecule has 0 spiro atoms. The van der Waals surface area contributed by atoms with Crippen molar-refractivity contribution in [1.82, 2.24) is 15.4 Å². The lowest BCUT2D eigenvalue weighted by atomic mass is 10.00. The summed E-state index contributed by atoms with van der Waals surface area (Å²) in [6.45, 7) is 14.2. The summed E-state index contributed by atoms with van der Waals surface area (Å²) in [4.78, 5) is 7.06. The lowest BCUT2D eigenvalue weighted by Crippen LogP contribution is -2.48. The molecule has 1 aromatic heterocycles. The molecule has 29 heavy (non-hydrogen) atoms. The fourth-order valence-corrected chi connectivity index (χ4v) is 3.47. The number of aryl methyl sites for hydroxylation is 2. The van der Waals surface area contributed by atoms with E-state index < -0.39 is 0 Å². The van der Waals surface area contributed by atoms with Crippen LogP contribution in [0.4, 0.5) is 0 Å². The van der Waals surface area contributed by atoms with Crippen molar-refractivity contribution >= 4 is 29.9 Å². The molecule has 1 N–H and O–H groups in total. The van der Waals surface area contributed by atoms with Gasteiger partial charge in [-0.25, -0.2) is 4.99 Å². The van der Waals surface area contributed by atoms with Gasteiger partial charge in [-0.1, -0.05) is 42.8 Å². The molecule has 1 aliphatic rings. The molecule has 1 aromatic carbocycles. The molecule has 1 fully saturated rings. The molecule has 160 valence electrons. The third kappa shape index (κ3) is 6.18. The minimum absolute atomic E-state index is 0. The van der Waals surface area contributed by atoms with Gasteiger partial charge in [0, 0.05) is 19.2 Å². The van der Waals surface area contributed by atoms with E-state index in [9.17, 15) is 0 Å². The lowest BCUT2D eigenvalue weighted by Gasteiger charge is -2.35. The summed E-state index contributed by atoms with van der Waals surface area (Å²) in [5, 5.41) is 7.53. The Kier molecular flexibility index (Phi) is 8.95. The second kappa shape index (κ2) is 11.0. The van der Waals surface area contributed by atoms with Crippen LogP contribution in [-0.4, -0.2) is 42.3 Å². The molecular formula is C22H33IN4O2. The Bertz CT molecular complexity index is 819. The second-order valence-electron chi connectivity index (χ2n) is 7.71. The number of nitrogens with one attached hydrogen (secondary N) is 1. The van der Waals surface area contributed by atoms with Gasteiger partial charge >= 0.3 is 0 Å². The van der Waals surface area contributed by atoms with Crippen LogP contribution in [0.2, 0.25) is 0 Å². The largest absolute Gasteiger partial charge is 0.370 e. The summed E-state index contributed by atoms with van der Waals surface area (Å²) in [6.07, 6.45) is 0.0519. The monoisotopic (exact) mass is 512 g/mol. The molecule has 2 aromatic rings. The van der Waals surface area contributed by atoms with Gasteiger partial charge in [-0.15, -0.1) is 24.0 Å². The van der Waals surface area contributed by atoms with Gasteiger partial charge in [0.2, 0.25) is 0 Å². The van der Waals surface area contributed by atoms with Crippen molar-refractivity contribution < 1.29 is 9.26 Å². The van der Waals surface area contributed by atoms with E-state index in [2.05, 4.69) is 68.2 Å². The van der Waals surface area contributed by atoms with Gasteiger partial charge < -0.3 is 19.5 Å². The molecule has 3 rings (SSSR count). The van der Waals surface area contributed by atoms with Gasteiger partial charge in [-0.05, 0) is 37.8 Å². The predicted octanol–water partition coefficient (Wildman–Crippen LogP) is 4.57. The fraction of sp³-hybridized carbons (Fsp3) is 0.545. The highest BCUT2D eigenvalue weighted by atomic mass is 127. The van der Waals surface area contributed by atoms with E-state index in [1.54, 1.807) is 0 Å². The molecule has 1 atom stereocenters. The van der Waals surface area contributed by atoms with Gasteiger partial charge in [0.15, 0.2) is 11.7 Å². The Labute approximate surface area is 191 Å². The summed E-state index contributed by atoms with van der Waals surface area (Å²) >= 11 is 0. The zero-order valence-electron chi connectivity index (χ0n) is 18.1. The number of hydrogen-bond acceptors (Lipinski definition) is 4. The van der Waals surface area contributed by atoms with Gasteiger partial charge in [0.05, 0.1) is 18.8 Å². The molecule has 6 nitrogen and oxygen atoms in total. The molecule has 0 saturated carbocycles. The number of rotatable bonds is 5. The Morgan fingerprint density at radius 2 is 2.10 bits per heavy atom. The Hall–Kier alpha value is -1.61. The van der Waals surface area contributed by atoms with Crippen LogP contribution in [0.5, 0.6) is 0 Å². The van der Waals surface area contributed by atoms with Crippen LogP contribution in [0.25, 0.3) is 0 Å². The third-order valence-electron chi connectivity index (χ3n) is 5.03. The van der Waals surface area contributed by atoms with Crippen LogP contribution in [0.1, 0.15) is 60.9 Å². The standard InChI is InChI=1S/C22H32N4O2.HI/c1-6-23-22(24-13-18-12-20(15(2)3)25-28-18)26-9-10-27-21(14-26)19-8-7-16(4)11-17(19)5;/h7-8,11-12,15,21H,6,9-10,13-14H2,1-5H3,(H,23,24);1H. The molecule has 2 heterocycles. The number of hydrogen-bond donors (Lipinski definition) is 1. The first-order valence-electron chi connectivity index (χ1n) is 10.2. The number of benzene rings is 1. The number of morpholine rings is 1.